The van der Waals surface area contributed by atoms with Gasteiger partial charge in [0.1, 0.15) is 0 Å². The smallest absolute Gasteiger partial charge is 0.225 e. The average molecular weight is 451 g/mol. The number of carbonyl (C=O) groups excluding carboxylic acids is 1. The maximum atomic E-state index is 12.7. The van der Waals surface area contributed by atoms with Crippen LogP contribution in [-0.2, 0) is 16.8 Å². The van der Waals surface area contributed by atoms with Crippen LogP contribution in [0.1, 0.15) is 31.7 Å². The Hall–Kier alpha value is -3.62. The molecule has 1 saturated heterocycles. The van der Waals surface area contributed by atoms with Crippen molar-refractivity contribution in [3.63, 3.8) is 0 Å². The molecule has 5 nitrogen and oxygen atoms in total. The Balaban J connectivity index is 1.21. The molecule has 0 saturated carbocycles. The molecular weight excluding hydrogens is 420 g/mol. The largest absolute Gasteiger partial charge is 0.341 e. The summed E-state index contributed by atoms with van der Waals surface area (Å²) in [5, 5.41) is 15.4. The van der Waals surface area contributed by atoms with Crippen molar-refractivity contribution in [3.8, 4) is 6.07 Å². The Kier molecular flexibility index (Phi) is 6.08. The topological polar surface area (TPSA) is 61.1 Å². The van der Waals surface area contributed by atoms with Gasteiger partial charge in [-0.05, 0) is 62.7 Å². The highest BCUT2D eigenvalue weighted by molar-refractivity contribution is 6.09. The number of nitrogens with zero attached hydrogens (tertiary/aromatic N) is 3. The molecule has 0 atom stereocenters. The third kappa shape index (κ3) is 4.06. The van der Waals surface area contributed by atoms with Gasteiger partial charge < -0.3 is 14.8 Å². The lowest BCUT2D eigenvalue weighted by Crippen LogP contribution is -2.42. The standard InChI is InChI=1S/C29H30N4O/c1-2-33-26-11-7-6-10-24(26)25-20-23(12-13-27(25)33)31-28(34)14-17-32-18-15-29(21-30,16-19-32)22-8-4-3-5-9-22/h3-13,20H,2,14-19H2,1H3,(H,31,34). The number of carbonyl (C=O) groups is 1. The number of fused-ring (bicyclic) bond motifs is 3. The van der Waals surface area contributed by atoms with Crippen molar-refractivity contribution in [2.75, 3.05) is 25.0 Å². The van der Waals surface area contributed by atoms with Crippen molar-refractivity contribution in [2.45, 2.75) is 38.1 Å². The number of aromatic nitrogens is 1. The van der Waals surface area contributed by atoms with Crippen molar-refractivity contribution < 1.29 is 4.79 Å². The second-order valence-corrected chi connectivity index (χ2v) is 9.19. The van der Waals surface area contributed by atoms with Crippen LogP contribution >= 0.6 is 0 Å². The molecule has 1 N–H and O–H groups in total. The third-order valence-electron chi connectivity index (χ3n) is 7.28. The fourth-order valence-corrected chi connectivity index (χ4v) is 5.34. The van der Waals surface area contributed by atoms with Gasteiger partial charge >= 0.3 is 0 Å². The minimum absolute atomic E-state index is 0.0266. The molecule has 5 rings (SSSR count). The van der Waals surface area contributed by atoms with E-state index >= 15 is 0 Å². The number of amides is 1. The molecular formula is C29H30N4O. The van der Waals surface area contributed by atoms with Crippen LogP contribution < -0.4 is 5.32 Å². The Morgan fingerprint density at radius 1 is 0.971 bits per heavy atom. The van der Waals surface area contributed by atoms with Crippen LogP contribution in [0.25, 0.3) is 21.8 Å². The van der Waals surface area contributed by atoms with E-state index in [2.05, 4.69) is 76.3 Å². The summed E-state index contributed by atoms with van der Waals surface area (Å²) < 4.78 is 2.31. The van der Waals surface area contributed by atoms with Crippen LogP contribution in [0.3, 0.4) is 0 Å². The lowest BCUT2D eigenvalue weighted by atomic mass is 9.74. The molecule has 1 fully saturated rings. The maximum absolute atomic E-state index is 12.7. The zero-order chi connectivity index (χ0) is 23.5. The number of rotatable bonds is 6. The molecule has 0 bridgehead atoms. The Morgan fingerprint density at radius 2 is 1.68 bits per heavy atom. The molecule has 3 aromatic carbocycles. The van der Waals surface area contributed by atoms with E-state index in [1.54, 1.807) is 0 Å². The first kappa shape index (κ1) is 22.2. The molecule has 1 aliphatic rings. The fourth-order valence-electron chi connectivity index (χ4n) is 5.34. The monoisotopic (exact) mass is 450 g/mol. The van der Waals surface area contributed by atoms with Crippen LogP contribution in [0.15, 0.2) is 72.8 Å². The first-order valence-electron chi connectivity index (χ1n) is 12.1. The van der Waals surface area contributed by atoms with Gasteiger partial charge in [0.15, 0.2) is 0 Å². The van der Waals surface area contributed by atoms with Gasteiger partial charge in [0.05, 0.1) is 11.5 Å². The highest BCUT2D eigenvalue weighted by Crippen LogP contribution is 2.35. The number of benzene rings is 3. The van der Waals surface area contributed by atoms with Gasteiger partial charge in [0.2, 0.25) is 5.91 Å². The van der Waals surface area contributed by atoms with E-state index < -0.39 is 5.41 Å². The van der Waals surface area contributed by atoms with E-state index in [0.29, 0.717) is 13.0 Å². The SMILES string of the molecule is CCn1c2ccccc2c2cc(NC(=O)CCN3CCC(C#N)(c4ccccc4)CC3)ccc21. The lowest BCUT2D eigenvalue weighted by molar-refractivity contribution is -0.116. The number of hydrogen-bond donors (Lipinski definition) is 1. The molecule has 34 heavy (non-hydrogen) atoms. The predicted molar refractivity (Wildman–Crippen MR) is 138 cm³/mol. The molecule has 5 heteroatoms. The van der Waals surface area contributed by atoms with Gasteiger partial charge in [-0.15, -0.1) is 0 Å². The summed E-state index contributed by atoms with van der Waals surface area (Å²) in [5.41, 5.74) is 3.94. The van der Waals surface area contributed by atoms with Gasteiger partial charge in [-0.1, -0.05) is 48.5 Å². The summed E-state index contributed by atoms with van der Waals surface area (Å²) in [5.74, 6) is 0.0266. The molecule has 0 unspecified atom stereocenters. The molecule has 1 aromatic heterocycles. The molecule has 2 heterocycles. The van der Waals surface area contributed by atoms with Crippen LogP contribution in [0, 0.1) is 11.3 Å². The van der Waals surface area contributed by atoms with E-state index in [1.807, 2.05) is 24.3 Å². The third-order valence-corrected chi connectivity index (χ3v) is 7.28. The normalized spacial score (nSPS) is 15.9. The van der Waals surface area contributed by atoms with Gasteiger partial charge in [0, 0.05) is 47.0 Å². The zero-order valence-corrected chi connectivity index (χ0v) is 19.6. The molecule has 172 valence electrons. The second kappa shape index (κ2) is 9.32. The number of nitriles is 1. The highest BCUT2D eigenvalue weighted by atomic mass is 16.1. The molecule has 1 amide bonds. The molecule has 4 aromatic rings. The summed E-state index contributed by atoms with van der Waals surface area (Å²) >= 11 is 0. The number of anilines is 1. The van der Waals surface area contributed by atoms with E-state index in [9.17, 15) is 10.1 Å². The maximum Gasteiger partial charge on any atom is 0.225 e. The summed E-state index contributed by atoms with van der Waals surface area (Å²) in [4.78, 5) is 15.0. The van der Waals surface area contributed by atoms with Crippen LogP contribution in [0.4, 0.5) is 5.69 Å². The van der Waals surface area contributed by atoms with Gasteiger partial charge in [0.25, 0.3) is 0 Å². The molecule has 1 aliphatic heterocycles. The summed E-state index contributed by atoms with van der Waals surface area (Å²) in [6.45, 7) is 5.43. The number of aryl methyl sites for hydroxylation is 1. The fraction of sp³-hybridized carbons (Fsp3) is 0.310. The van der Waals surface area contributed by atoms with Crippen LogP contribution in [-0.4, -0.2) is 35.0 Å². The highest BCUT2D eigenvalue weighted by Gasteiger charge is 2.36. The quantitative estimate of drug-likeness (QED) is 0.410. The minimum atomic E-state index is -0.410. The Bertz CT molecular complexity index is 1360. The number of nitrogens with one attached hydrogen (secondary N) is 1. The van der Waals surface area contributed by atoms with Crippen LogP contribution in [0.2, 0.25) is 0 Å². The summed E-state index contributed by atoms with van der Waals surface area (Å²) in [6, 6.07) is 27.3. The number of hydrogen-bond acceptors (Lipinski definition) is 3. The van der Waals surface area contributed by atoms with Gasteiger partial charge in [-0.25, -0.2) is 0 Å². The van der Waals surface area contributed by atoms with Gasteiger partial charge in [-0.3, -0.25) is 4.79 Å². The van der Waals surface area contributed by atoms with E-state index in [0.717, 1.165) is 43.7 Å². The summed E-state index contributed by atoms with van der Waals surface area (Å²) in [6.07, 6.45) is 2.04. The van der Waals surface area contributed by atoms with E-state index in [-0.39, 0.29) is 5.91 Å². The van der Waals surface area contributed by atoms with E-state index in [4.69, 9.17) is 0 Å². The van der Waals surface area contributed by atoms with Gasteiger partial charge in [-0.2, -0.15) is 5.26 Å². The number of piperidine rings is 1. The molecule has 0 radical (unpaired) electrons. The lowest BCUT2D eigenvalue weighted by Gasteiger charge is -2.37. The second-order valence-electron chi connectivity index (χ2n) is 9.19. The van der Waals surface area contributed by atoms with Crippen molar-refractivity contribution in [2.24, 2.45) is 0 Å². The first-order valence-corrected chi connectivity index (χ1v) is 12.1. The van der Waals surface area contributed by atoms with Crippen molar-refractivity contribution in [1.29, 1.82) is 5.26 Å². The van der Waals surface area contributed by atoms with E-state index in [1.165, 1.54) is 21.8 Å². The summed E-state index contributed by atoms with van der Waals surface area (Å²) in [7, 11) is 0. The number of para-hydroxylation sites is 1. The van der Waals surface area contributed by atoms with Crippen LogP contribution in [0.5, 0.6) is 0 Å². The minimum Gasteiger partial charge on any atom is -0.341 e. The predicted octanol–water partition coefficient (Wildman–Crippen LogP) is 5.70. The molecule has 0 aliphatic carbocycles. The molecule has 0 spiro atoms. The Morgan fingerprint density at radius 3 is 2.41 bits per heavy atom. The van der Waals surface area contributed by atoms with Crippen molar-refractivity contribution in [1.82, 2.24) is 9.47 Å². The van der Waals surface area contributed by atoms with Crippen molar-refractivity contribution in [3.05, 3.63) is 78.4 Å². The Labute approximate surface area is 200 Å². The van der Waals surface area contributed by atoms with Crippen molar-refractivity contribution >= 4 is 33.4 Å². The first-order chi connectivity index (χ1) is 16.6. The average Bonchev–Trinajstić information content (AvgIpc) is 3.21. The zero-order valence-electron chi connectivity index (χ0n) is 19.6. The number of likely N-dealkylation sites (tertiary alicyclic amines) is 1.